The predicted octanol–water partition coefficient (Wildman–Crippen LogP) is 1.83. The van der Waals surface area contributed by atoms with Crippen molar-refractivity contribution in [3.05, 3.63) is 29.6 Å². The smallest absolute Gasteiger partial charge is 0.272 e. The lowest BCUT2D eigenvalue weighted by Gasteiger charge is -2.23. The highest BCUT2D eigenvalue weighted by Crippen LogP contribution is 2.28. The molecular formula is C15H22N4O2. The lowest BCUT2D eigenvalue weighted by Crippen LogP contribution is -2.35. The van der Waals surface area contributed by atoms with Crippen LogP contribution in [0.25, 0.3) is 0 Å². The van der Waals surface area contributed by atoms with Crippen molar-refractivity contribution >= 4 is 11.7 Å². The molecule has 0 unspecified atom stereocenters. The molecule has 0 aliphatic heterocycles. The van der Waals surface area contributed by atoms with Gasteiger partial charge in [0.15, 0.2) is 5.84 Å². The third-order valence-corrected chi connectivity index (χ3v) is 3.58. The number of amidine groups is 1. The maximum Gasteiger partial charge on any atom is 0.272 e. The summed E-state index contributed by atoms with van der Waals surface area (Å²) in [5.74, 6) is 0.513. The molecule has 1 aromatic rings. The molecule has 2 rings (SSSR count). The maximum atomic E-state index is 12.5. The minimum absolute atomic E-state index is 0.0136. The highest BCUT2D eigenvalue weighted by molar-refractivity contribution is 5.98. The second-order valence-electron chi connectivity index (χ2n) is 5.83. The minimum Gasteiger partial charge on any atom is -0.409 e. The van der Waals surface area contributed by atoms with E-state index < -0.39 is 0 Å². The van der Waals surface area contributed by atoms with E-state index in [1.807, 2.05) is 4.90 Å². The third kappa shape index (κ3) is 3.93. The summed E-state index contributed by atoms with van der Waals surface area (Å²) < 4.78 is 0. The first-order chi connectivity index (χ1) is 10.0. The van der Waals surface area contributed by atoms with Crippen molar-refractivity contribution in [3.8, 4) is 0 Å². The topological polar surface area (TPSA) is 91.8 Å². The van der Waals surface area contributed by atoms with Gasteiger partial charge in [0.05, 0.1) is 0 Å². The highest BCUT2D eigenvalue weighted by Gasteiger charge is 2.33. The largest absolute Gasteiger partial charge is 0.409 e. The lowest BCUT2D eigenvalue weighted by atomic mass is 10.1. The molecule has 1 aliphatic carbocycles. The number of pyridine rings is 1. The summed E-state index contributed by atoms with van der Waals surface area (Å²) in [6.45, 7) is 5.07. The fourth-order valence-corrected chi connectivity index (χ4v) is 2.11. The number of amides is 1. The Morgan fingerprint density at radius 3 is 2.71 bits per heavy atom. The molecule has 1 fully saturated rings. The predicted molar refractivity (Wildman–Crippen MR) is 80.3 cm³/mol. The zero-order valence-electron chi connectivity index (χ0n) is 12.5. The summed E-state index contributed by atoms with van der Waals surface area (Å²) in [6.07, 6.45) is 4.60. The SMILES string of the molecule is CC(C)CCN(C(=O)c1ccc(/C(N)=N/O)cn1)C1CC1. The standard InChI is InChI=1S/C15H22N4O2/c1-10(2)7-8-19(12-4-5-12)15(20)13-6-3-11(9-17-13)14(16)18-21/h3,6,9-10,12,21H,4-5,7-8H2,1-2H3,(H2,16,18). The van der Waals surface area contributed by atoms with Gasteiger partial charge in [0, 0.05) is 24.3 Å². The third-order valence-electron chi connectivity index (χ3n) is 3.58. The number of carbonyl (C=O) groups excluding carboxylic acids is 1. The van der Waals surface area contributed by atoms with Crippen LogP contribution in [0.15, 0.2) is 23.5 Å². The van der Waals surface area contributed by atoms with Crippen LogP contribution in [0.1, 0.15) is 49.2 Å². The van der Waals surface area contributed by atoms with Crippen LogP contribution in [-0.4, -0.2) is 39.4 Å². The van der Waals surface area contributed by atoms with E-state index in [0.717, 1.165) is 25.8 Å². The second-order valence-corrected chi connectivity index (χ2v) is 5.83. The Morgan fingerprint density at radius 1 is 1.52 bits per heavy atom. The molecule has 1 aromatic heterocycles. The van der Waals surface area contributed by atoms with Gasteiger partial charge < -0.3 is 15.8 Å². The Morgan fingerprint density at radius 2 is 2.24 bits per heavy atom. The fourth-order valence-electron chi connectivity index (χ4n) is 2.11. The van der Waals surface area contributed by atoms with Crippen molar-refractivity contribution in [2.75, 3.05) is 6.54 Å². The van der Waals surface area contributed by atoms with E-state index in [0.29, 0.717) is 23.2 Å². The zero-order valence-corrected chi connectivity index (χ0v) is 12.5. The molecule has 6 heteroatoms. The van der Waals surface area contributed by atoms with Crippen molar-refractivity contribution in [1.29, 1.82) is 0 Å². The number of hydrogen-bond donors (Lipinski definition) is 2. The molecule has 21 heavy (non-hydrogen) atoms. The fraction of sp³-hybridized carbons (Fsp3) is 0.533. The van der Waals surface area contributed by atoms with Crippen molar-refractivity contribution in [3.63, 3.8) is 0 Å². The quantitative estimate of drug-likeness (QED) is 0.362. The molecule has 0 atom stereocenters. The summed E-state index contributed by atoms with van der Waals surface area (Å²) in [5.41, 5.74) is 6.38. The van der Waals surface area contributed by atoms with E-state index in [1.54, 1.807) is 12.1 Å². The van der Waals surface area contributed by atoms with E-state index in [9.17, 15) is 4.79 Å². The minimum atomic E-state index is -0.0378. The first-order valence-corrected chi connectivity index (χ1v) is 7.28. The Balaban J connectivity index is 2.09. The maximum absolute atomic E-state index is 12.5. The van der Waals surface area contributed by atoms with Gasteiger partial charge in [-0.1, -0.05) is 19.0 Å². The van der Waals surface area contributed by atoms with E-state index in [2.05, 4.69) is 24.0 Å². The summed E-state index contributed by atoms with van der Waals surface area (Å²) in [6, 6.07) is 3.63. The normalized spacial score (nSPS) is 15.3. The van der Waals surface area contributed by atoms with Gasteiger partial charge in [-0.15, -0.1) is 0 Å². The number of hydrogen-bond acceptors (Lipinski definition) is 4. The number of nitrogens with zero attached hydrogens (tertiary/aromatic N) is 3. The van der Waals surface area contributed by atoms with Crippen LogP contribution in [0.2, 0.25) is 0 Å². The molecule has 0 aromatic carbocycles. The lowest BCUT2D eigenvalue weighted by molar-refractivity contribution is 0.0729. The van der Waals surface area contributed by atoms with Gasteiger partial charge >= 0.3 is 0 Å². The zero-order chi connectivity index (χ0) is 15.4. The van der Waals surface area contributed by atoms with Gasteiger partial charge in [0.1, 0.15) is 5.69 Å². The summed E-state index contributed by atoms with van der Waals surface area (Å²) in [7, 11) is 0. The molecule has 114 valence electrons. The number of aromatic nitrogens is 1. The molecule has 1 aliphatic rings. The van der Waals surface area contributed by atoms with Gasteiger partial charge in [-0.2, -0.15) is 0 Å². The van der Waals surface area contributed by atoms with Crippen LogP contribution < -0.4 is 5.73 Å². The summed E-state index contributed by atoms with van der Waals surface area (Å²) >= 11 is 0. The van der Waals surface area contributed by atoms with Gasteiger partial charge in [-0.3, -0.25) is 9.78 Å². The average Bonchev–Trinajstić information content (AvgIpc) is 3.31. The Kier molecular flexibility index (Phi) is 4.77. The van der Waals surface area contributed by atoms with E-state index in [4.69, 9.17) is 10.9 Å². The van der Waals surface area contributed by atoms with Crippen molar-refractivity contribution in [2.45, 2.75) is 39.2 Å². The van der Waals surface area contributed by atoms with Gasteiger partial charge in [0.2, 0.25) is 0 Å². The highest BCUT2D eigenvalue weighted by atomic mass is 16.4. The molecular weight excluding hydrogens is 268 g/mol. The Hall–Kier alpha value is -2.11. The first-order valence-electron chi connectivity index (χ1n) is 7.28. The Labute approximate surface area is 124 Å². The van der Waals surface area contributed by atoms with Crippen LogP contribution in [0.4, 0.5) is 0 Å². The van der Waals surface area contributed by atoms with Crippen LogP contribution in [0.5, 0.6) is 0 Å². The van der Waals surface area contributed by atoms with Crippen LogP contribution in [0.3, 0.4) is 0 Å². The second kappa shape index (κ2) is 6.56. The molecule has 0 saturated heterocycles. The molecule has 1 heterocycles. The van der Waals surface area contributed by atoms with Crippen molar-refractivity contribution < 1.29 is 10.0 Å². The van der Waals surface area contributed by atoms with E-state index >= 15 is 0 Å². The van der Waals surface area contributed by atoms with Crippen LogP contribution in [-0.2, 0) is 0 Å². The van der Waals surface area contributed by atoms with E-state index in [1.165, 1.54) is 6.20 Å². The number of nitrogens with two attached hydrogens (primary N) is 1. The molecule has 1 saturated carbocycles. The van der Waals surface area contributed by atoms with Crippen molar-refractivity contribution in [2.24, 2.45) is 16.8 Å². The van der Waals surface area contributed by atoms with Gasteiger partial charge in [-0.25, -0.2) is 0 Å². The number of carbonyl (C=O) groups is 1. The monoisotopic (exact) mass is 290 g/mol. The number of rotatable bonds is 6. The average molecular weight is 290 g/mol. The van der Waals surface area contributed by atoms with E-state index in [-0.39, 0.29) is 11.7 Å². The first kappa shape index (κ1) is 15.3. The molecule has 0 bridgehead atoms. The molecule has 6 nitrogen and oxygen atoms in total. The molecule has 3 N–H and O–H groups in total. The molecule has 1 amide bonds. The van der Waals surface area contributed by atoms with Crippen LogP contribution >= 0.6 is 0 Å². The summed E-state index contributed by atoms with van der Waals surface area (Å²) in [5, 5.41) is 11.5. The Bertz CT molecular complexity index is 521. The summed E-state index contributed by atoms with van der Waals surface area (Å²) in [4.78, 5) is 18.6. The number of oxime groups is 1. The van der Waals surface area contributed by atoms with Gasteiger partial charge in [0.25, 0.3) is 5.91 Å². The molecule has 0 radical (unpaired) electrons. The van der Waals surface area contributed by atoms with Gasteiger partial charge in [-0.05, 0) is 37.3 Å². The molecule has 0 spiro atoms. The van der Waals surface area contributed by atoms with Crippen LogP contribution in [0, 0.1) is 5.92 Å². The van der Waals surface area contributed by atoms with Crippen molar-refractivity contribution in [1.82, 2.24) is 9.88 Å².